The van der Waals surface area contributed by atoms with Crippen LogP contribution in [0, 0.1) is 17.1 Å². The maximum Gasteiger partial charge on any atom is 0.203 e. The zero-order valence-corrected chi connectivity index (χ0v) is 16.2. The van der Waals surface area contributed by atoms with Gasteiger partial charge in [-0.15, -0.1) is 0 Å². The Kier molecular flexibility index (Phi) is 5.18. The average Bonchev–Trinajstić information content (AvgIpc) is 3.24. The molecule has 2 aromatic heterocycles. The summed E-state index contributed by atoms with van der Waals surface area (Å²) in [6.07, 6.45) is 3.43. The molecule has 0 aliphatic carbocycles. The average molecular weight is 400 g/mol. The maximum absolute atomic E-state index is 13.8. The lowest BCUT2D eigenvalue weighted by atomic mass is 10.1. The smallest absolute Gasteiger partial charge is 0.203 e. The van der Waals surface area contributed by atoms with Crippen molar-refractivity contribution in [3.63, 3.8) is 0 Å². The van der Waals surface area contributed by atoms with Gasteiger partial charge in [-0.3, -0.25) is 9.48 Å². The Labute approximate surface area is 171 Å². The molecule has 0 amide bonds. The summed E-state index contributed by atoms with van der Waals surface area (Å²) in [4.78, 5) is 16.7. The first-order chi connectivity index (χ1) is 14.6. The second kappa shape index (κ2) is 8.09. The molecule has 4 aromatic rings. The molecule has 0 aliphatic heterocycles. The van der Waals surface area contributed by atoms with Crippen molar-refractivity contribution in [1.29, 1.82) is 5.26 Å². The van der Waals surface area contributed by atoms with Crippen LogP contribution in [0.5, 0.6) is 0 Å². The van der Waals surface area contributed by atoms with E-state index >= 15 is 0 Å². The zero-order chi connectivity index (χ0) is 21.1. The highest BCUT2D eigenvalue weighted by Gasteiger charge is 2.10. The van der Waals surface area contributed by atoms with Crippen molar-refractivity contribution in [2.45, 2.75) is 19.9 Å². The second-order valence-corrected chi connectivity index (χ2v) is 6.68. The molecular formula is C22H17FN6O. The predicted molar refractivity (Wildman–Crippen MR) is 108 cm³/mol. The minimum atomic E-state index is -0.544. The summed E-state index contributed by atoms with van der Waals surface area (Å²) in [7, 11) is 0. The van der Waals surface area contributed by atoms with E-state index in [-0.39, 0.29) is 11.0 Å². The van der Waals surface area contributed by atoms with Crippen LogP contribution in [0.15, 0.2) is 65.8 Å². The normalized spacial score (nSPS) is 10.7. The summed E-state index contributed by atoms with van der Waals surface area (Å²) in [5.41, 5.74) is 2.36. The minimum absolute atomic E-state index is 0.179. The van der Waals surface area contributed by atoms with Crippen molar-refractivity contribution in [1.82, 2.24) is 24.5 Å². The number of rotatable bonds is 5. The molecule has 0 spiro atoms. The molecule has 2 aromatic carbocycles. The number of aryl methyl sites for hydroxylation is 1. The molecule has 0 fully saturated rings. The Balaban J connectivity index is 1.67. The third-order valence-corrected chi connectivity index (χ3v) is 4.57. The van der Waals surface area contributed by atoms with Gasteiger partial charge in [-0.1, -0.05) is 18.2 Å². The Morgan fingerprint density at radius 1 is 1.13 bits per heavy atom. The Hall–Kier alpha value is -4.12. The van der Waals surface area contributed by atoms with Gasteiger partial charge in [-0.05, 0) is 36.8 Å². The van der Waals surface area contributed by atoms with Crippen molar-refractivity contribution in [2.24, 2.45) is 0 Å². The van der Waals surface area contributed by atoms with Gasteiger partial charge in [0.15, 0.2) is 5.82 Å². The summed E-state index contributed by atoms with van der Waals surface area (Å²) >= 11 is 0. The molecule has 148 valence electrons. The highest BCUT2D eigenvalue weighted by Crippen LogP contribution is 2.18. The Morgan fingerprint density at radius 3 is 2.77 bits per heavy atom. The zero-order valence-electron chi connectivity index (χ0n) is 16.2. The monoisotopic (exact) mass is 400 g/mol. The molecule has 0 N–H and O–H groups in total. The van der Waals surface area contributed by atoms with Gasteiger partial charge in [0.25, 0.3) is 0 Å². The van der Waals surface area contributed by atoms with Gasteiger partial charge in [-0.2, -0.15) is 15.5 Å². The van der Waals surface area contributed by atoms with E-state index in [0.29, 0.717) is 23.6 Å². The standard InChI is InChI=1S/C22H17FN6O/c1-2-28-14-25-22(27-28)17-5-3-4-15(8-17)11-20-21(30)6-7-29(26-20)19-10-16(13-24)9-18(23)12-19/h3-10,12,14H,2,11H2,1H3. The predicted octanol–water partition coefficient (Wildman–Crippen LogP) is 3.11. The number of nitriles is 1. The van der Waals surface area contributed by atoms with Gasteiger partial charge in [-0.25, -0.2) is 14.1 Å². The first-order valence-corrected chi connectivity index (χ1v) is 9.34. The Morgan fingerprint density at radius 2 is 2.00 bits per heavy atom. The summed E-state index contributed by atoms with van der Waals surface area (Å²) < 4.78 is 16.9. The van der Waals surface area contributed by atoms with Crippen molar-refractivity contribution in [3.8, 4) is 23.1 Å². The molecule has 7 nitrogen and oxygen atoms in total. The molecule has 0 bridgehead atoms. The molecule has 8 heteroatoms. The van der Waals surface area contributed by atoms with E-state index in [1.54, 1.807) is 11.0 Å². The minimum Gasteiger partial charge on any atom is -0.288 e. The fraction of sp³-hybridized carbons (Fsp3) is 0.136. The maximum atomic E-state index is 13.8. The number of benzene rings is 2. The first-order valence-electron chi connectivity index (χ1n) is 9.34. The van der Waals surface area contributed by atoms with E-state index in [1.807, 2.05) is 37.3 Å². The van der Waals surface area contributed by atoms with Gasteiger partial charge in [0.2, 0.25) is 5.43 Å². The van der Waals surface area contributed by atoms with Crippen molar-refractivity contribution < 1.29 is 4.39 Å². The van der Waals surface area contributed by atoms with Gasteiger partial charge >= 0.3 is 0 Å². The van der Waals surface area contributed by atoms with E-state index in [4.69, 9.17) is 5.26 Å². The largest absolute Gasteiger partial charge is 0.288 e. The lowest BCUT2D eigenvalue weighted by Gasteiger charge is -2.09. The number of nitrogens with zero attached hydrogens (tertiary/aromatic N) is 6. The van der Waals surface area contributed by atoms with Crippen LogP contribution in [-0.2, 0) is 13.0 Å². The van der Waals surface area contributed by atoms with Crippen LogP contribution in [0.4, 0.5) is 4.39 Å². The van der Waals surface area contributed by atoms with E-state index in [2.05, 4.69) is 15.2 Å². The third kappa shape index (κ3) is 4.00. The van der Waals surface area contributed by atoms with Crippen LogP contribution in [0.2, 0.25) is 0 Å². The van der Waals surface area contributed by atoms with Gasteiger partial charge in [0, 0.05) is 30.8 Å². The van der Waals surface area contributed by atoms with Gasteiger partial charge in [0.05, 0.1) is 17.3 Å². The molecule has 0 saturated carbocycles. The van der Waals surface area contributed by atoms with Crippen molar-refractivity contribution >= 4 is 0 Å². The van der Waals surface area contributed by atoms with E-state index in [0.717, 1.165) is 23.7 Å². The SMILES string of the molecule is CCn1cnc(-c2cccc(Cc3nn(-c4cc(F)cc(C#N)c4)ccc3=O)c2)n1. The van der Waals surface area contributed by atoms with Crippen molar-refractivity contribution in [2.75, 3.05) is 0 Å². The molecule has 30 heavy (non-hydrogen) atoms. The first kappa shape index (κ1) is 19.2. The lowest BCUT2D eigenvalue weighted by molar-refractivity contribution is 0.624. The number of hydrogen-bond acceptors (Lipinski definition) is 5. The molecule has 0 saturated heterocycles. The van der Waals surface area contributed by atoms with Gasteiger partial charge in [0.1, 0.15) is 17.8 Å². The molecule has 0 aliphatic rings. The fourth-order valence-electron chi connectivity index (χ4n) is 3.08. The van der Waals surface area contributed by atoms with Crippen LogP contribution in [0.1, 0.15) is 23.7 Å². The third-order valence-electron chi connectivity index (χ3n) is 4.57. The summed E-state index contributed by atoms with van der Waals surface area (Å²) in [5.74, 6) is 0.0683. The van der Waals surface area contributed by atoms with Crippen LogP contribution in [0.25, 0.3) is 17.1 Å². The highest BCUT2D eigenvalue weighted by molar-refractivity contribution is 5.55. The van der Waals surface area contributed by atoms with Crippen LogP contribution < -0.4 is 5.43 Å². The molecular weight excluding hydrogens is 383 g/mol. The Bertz CT molecular complexity index is 1320. The van der Waals surface area contributed by atoms with E-state index in [1.165, 1.54) is 29.1 Å². The summed E-state index contributed by atoms with van der Waals surface area (Å²) in [6, 6.07) is 14.8. The summed E-state index contributed by atoms with van der Waals surface area (Å²) in [5, 5.41) is 17.8. The lowest BCUT2D eigenvalue weighted by Crippen LogP contribution is -2.16. The second-order valence-electron chi connectivity index (χ2n) is 6.68. The molecule has 2 heterocycles. The van der Waals surface area contributed by atoms with Gasteiger partial charge < -0.3 is 0 Å². The molecule has 4 rings (SSSR count). The number of halogens is 1. The van der Waals surface area contributed by atoms with E-state index in [9.17, 15) is 9.18 Å². The van der Waals surface area contributed by atoms with Crippen LogP contribution >= 0.6 is 0 Å². The molecule has 0 atom stereocenters. The molecule has 0 radical (unpaired) electrons. The molecule has 0 unspecified atom stereocenters. The van der Waals surface area contributed by atoms with Crippen LogP contribution in [0.3, 0.4) is 0 Å². The van der Waals surface area contributed by atoms with E-state index < -0.39 is 5.82 Å². The summed E-state index contributed by atoms with van der Waals surface area (Å²) in [6.45, 7) is 2.72. The number of aromatic nitrogens is 5. The number of hydrogen-bond donors (Lipinski definition) is 0. The topological polar surface area (TPSA) is 89.4 Å². The highest BCUT2D eigenvalue weighted by atomic mass is 19.1. The quantitative estimate of drug-likeness (QED) is 0.514. The van der Waals surface area contributed by atoms with Crippen molar-refractivity contribution in [3.05, 3.63) is 93.9 Å². The fourth-order valence-corrected chi connectivity index (χ4v) is 3.08. The van der Waals surface area contributed by atoms with Crippen LogP contribution in [-0.4, -0.2) is 24.5 Å².